The summed E-state index contributed by atoms with van der Waals surface area (Å²) in [7, 11) is 0. The third-order valence-corrected chi connectivity index (χ3v) is 4.44. The zero-order valence-corrected chi connectivity index (χ0v) is 16.6. The molecule has 0 bridgehead atoms. The number of rotatable bonds is 5. The Hall–Kier alpha value is -3.20. The van der Waals surface area contributed by atoms with Crippen LogP contribution < -0.4 is 21.7 Å². The number of hydrogen-bond donors (Lipinski definition) is 3. The molecule has 0 saturated heterocycles. The molecule has 0 spiro atoms. The number of hydrazine groups is 1. The van der Waals surface area contributed by atoms with Gasteiger partial charge in [-0.25, -0.2) is 4.98 Å². The summed E-state index contributed by atoms with van der Waals surface area (Å²) in [6, 6.07) is 12.7. The molecule has 0 unspecified atom stereocenters. The van der Waals surface area contributed by atoms with E-state index in [1.807, 2.05) is 31.2 Å². The fourth-order valence-electron chi connectivity index (χ4n) is 2.48. The predicted octanol–water partition coefficient (Wildman–Crippen LogP) is 1.73. The number of carbonyl (C=O) groups is 2. The van der Waals surface area contributed by atoms with Gasteiger partial charge in [-0.05, 0) is 37.3 Å². The molecule has 0 radical (unpaired) electrons. The molecule has 1 aromatic heterocycles. The number of nitrogens with one attached hydrogen (secondary N) is 3. The van der Waals surface area contributed by atoms with E-state index in [4.69, 9.17) is 0 Å². The summed E-state index contributed by atoms with van der Waals surface area (Å²) in [6.45, 7) is 1.70. The van der Waals surface area contributed by atoms with Crippen molar-refractivity contribution in [2.24, 2.45) is 0 Å². The second kappa shape index (κ2) is 8.66. The predicted molar refractivity (Wildman–Crippen MR) is 110 cm³/mol. The van der Waals surface area contributed by atoms with Crippen LogP contribution in [0.5, 0.6) is 0 Å². The third-order valence-electron chi connectivity index (χ3n) is 3.95. The number of nitrogens with zero attached hydrogens (tertiary/aromatic N) is 2. The first kappa shape index (κ1) is 19.6. The Labute approximate surface area is 169 Å². The van der Waals surface area contributed by atoms with Gasteiger partial charge in [0.2, 0.25) is 0 Å². The molecule has 8 nitrogen and oxygen atoms in total. The van der Waals surface area contributed by atoms with Crippen LogP contribution in [0.25, 0.3) is 10.9 Å². The fourth-order valence-corrected chi connectivity index (χ4v) is 2.84. The zero-order chi connectivity index (χ0) is 20.1. The van der Waals surface area contributed by atoms with E-state index in [1.54, 1.807) is 18.2 Å². The standard InChI is InChI=1S/C19H18BrN5O3/c1-12-2-5-14(6-3-12)21-9-17(26)23-24-18(27)10-25-11-22-16-7-4-13(20)8-15(16)19(25)28/h2-8,11,21H,9-10H2,1H3,(H,23,26)(H,24,27). The van der Waals surface area contributed by atoms with Gasteiger partial charge < -0.3 is 5.32 Å². The number of aromatic nitrogens is 2. The fraction of sp³-hybridized carbons (Fsp3) is 0.158. The molecule has 2 amide bonds. The van der Waals surface area contributed by atoms with Gasteiger partial charge in [-0.3, -0.25) is 29.8 Å². The summed E-state index contributed by atoms with van der Waals surface area (Å²) in [4.78, 5) is 40.5. The van der Waals surface area contributed by atoms with Crippen molar-refractivity contribution in [2.45, 2.75) is 13.5 Å². The smallest absolute Gasteiger partial charge is 0.261 e. The minimum atomic E-state index is -0.540. The molecule has 3 rings (SSSR count). The Morgan fingerprint density at radius 2 is 1.79 bits per heavy atom. The maximum absolute atomic E-state index is 12.5. The highest BCUT2D eigenvalue weighted by Gasteiger charge is 2.09. The van der Waals surface area contributed by atoms with Gasteiger partial charge in [0.25, 0.3) is 17.4 Å². The summed E-state index contributed by atoms with van der Waals surface area (Å²) in [5, 5.41) is 3.35. The lowest BCUT2D eigenvalue weighted by Crippen LogP contribution is -2.46. The average molecular weight is 444 g/mol. The lowest BCUT2D eigenvalue weighted by atomic mass is 10.2. The maximum Gasteiger partial charge on any atom is 0.261 e. The number of aryl methyl sites for hydroxylation is 1. The maximum atomic E-state index is 12.5. The second-order valence-electron chi connectivity index (χ2n) is 6.16. The van der Waals surface area contributed by atoms with Gasteiger partial charge in [-0.15, -0.1) is 0 Å². The van der Waals surface area contributed by atoms with Crippen molar-refractivity contribution in [2.75, 3.05) is 11.9 Å². The molecule has 0 aliphatic rings. The van der Waals surface area contributed by atoms with E-state index < -0.39 is 11.8 Å². The molecule has 9 heteroatoms. The van der Waals surface area contributed by atoms with Crippen molar-refractivity contribution in [1.82, 2.24) is 20.4 Å². The first-order valence-corrected chi connectivity index (χ1v) is 9.24. The molecule has 0 saturated carbocycles. The number of anilines is 1. The molecule has 0 atom stereocenters. The van der Waals surface area contributed by atoms with Crippen molar-refractivity contribution >= 4 is 44.3 Å². The van der Waals surface area contributed by atoms with Crippen molar-refractivity contribution in [1.29, 1.82) is 0 Å². The number of amides is 2. The van der Waals surface area contributed by atoms with Crippen LogP contribution in [0.15, 0.2) is 58.1 Å². The summed E-state index contributed by atoms with van der Waals surface area (Å²) < 4.78 is 1.93. The van der Waals surface area contributed by atoms with Crippen molar-refractivity contribution in [3.05, 3.63) is 69.2 Å². The molecular weight excluding hydrogens is 426 g/mol. The largest absolute Gasteiger partial charge is 0.376 e. The Morgan fingerprint density at radius 1 is 1.07 bits per heavy atom. The molecule has 0 fully saturated rings. The molecule has 28 heavy (non-hydrogen) atoms. The van der Waals surface area contributed by atoms with Gasteiger partial charge in [0, 0.05) is 10.2 Å². The normalized spacial score (nSPS) is 10.5. The summed E-state index contributed by atoms with van der Waals surface area (Å²) in [5.41, 5.74) is 6.71. The van der Waals surface area contributed by atoms with Gasteiger partial charge in [-0.2, -0.15) is 0 Å². The van der Waals surface area contributed by atoms with Crippen LogP contribution in [0.4, 0.5) is 5.69 Å². The van der Waals surface area contributed by atoms with Crippen LogP contribution in [0.2, 0.25) is 0 Å². The first-order chi connectivity index (χ1) is 13.4. The topological polar surface area (TPSA) is 105 Å². The first-order valence-electron chi connectivity index (χ1n) is 8.45. The number of hydrogen-bond acceptors (Lipinski definition) is 5. The molecule has 1 heterocycles. The van der Waals surface area contributed by atoms with Crippen LogP contribution in [0.3, 0.4) is 0 Å². The Morgan fingerprint density at radius 3 is 2.54 bits per heavy atom. The summed E-state index contributed by atoms with van der Waals surface area (Å²) >= 11 is 3.31. The molecule has 0 aliphatic heterocycles. The van der Waals surface area contributed by atoms with Gasteiger partial charge >= 0.3 is 0 Å². The minimum Gasteiger partial charge on any atom is -0.376 e. The highest BCUT2D eigenvalue weighted by Crippen LogP contribution is 2.14. The van der Waals surface area contributed by atoms with Crippen molar-refractivity contribution < 1.29 is 9.59 Å². The van der Waals surface area contributed by atoms with E-state index in [2.05, 4.69) is 37.1 Å². The Bertz CT molecular complexity index is 1080. The van der Waals surface area contributed by atoms with E-state index >= 15 is 0 Å². The quantitative estimate of drug-likeness (QED) is 0.520. The number of fused-ring (bicyclic) bond motifs is 1. The molecule has 3 aromatic rings. The van der Waals surface area contributed by atoms with E-state index in [9.17, 15) is 14.4 Å². The third kappa shape index (κ3) is 4.95. The van der Waals surface area contributed by atoms with E-state index in [1.165, 1.54) is 10.9 Å². The number of carbonyl (C=O) groups excluding carboxylic acids is 2. The Kier molecular flexibility index (Phi) is 6.05. The molecular formula is C19H18BrN5O3. The zero-order valence-electron chi connectivity index (χ0n) is 15.0. The van der Waals surface area contributed by atoms with Crippen molar-refractivity contribution in [3.63, 3.8) is 0 Å². The van der Waals surface area contributed by atoms with Crippen LogP contribution >= 0.6 is 15.9 Å². The molecule has 2 aromatic carbocycles. The monoisotopic (exact) mass is 443 g/mol. The molecule has 3 N–H and O–H groups in total. The Balaban J connectivity index is 1.53. The van der Waals surface area contributed by atoms with E-state index in [0.29, 0.717) is 10.9 Å². The van der Waals surface area contributed by atoms with E-state index in [0.717, 1.165) is 15.7 Å². The summed E-state index contributed by atoms with van der Waals surface area (Å²) in [5.74, 6) is -0.955. The SMILES string of the molecule is Cc1ccc(NCC(=O)NNC(=O)Cn2cnc3ccc(Br)cc3c2=O)cc1. The van der Waals surface area contributed by atoms with Gasteiger partial charge in [0.1, 0.15) is 6.54 Å². The lowest BCUT2D eigenvalue weighted by molar-refractivity contribution is -0.128. The van der Waals surface area contributed by atoms with Crippen LogP contribution in [0.1, 0.15) is 5.56 Å². The average Bonchev–Trinajstić information content (AvgIpc) is 2.68. The van der Waals surface area contributed by atoms with Crippen LogP contribution in [0, 0.1) is 6.92 Å². The van der Waals surface area contributed by atoms with Crippen molar-refractivity contribution in [3.8, 4) is 0 Å². The minimum absolute atomic E-state index is 0.00511. The van der Waals surface area contributed by atoms with E-state index in [-0.39, 0.29) is 18.6 Å². The lowest BCUT2D eigenvalue weighted by Gasteiger charge is -2.10. The number of benzene rings is 2. The van der Waals surface area contributed by atoms with Crippen LogP contribution in [-0.2, 0) is 16.1 Å². The van der Waals surface area contributed by atoms with Crippen LogP contribution in [-0.4, -0.2) is 27.9 Å². The van der Waals surface area contributed by atoms with Gasteiger partial charge in [0.15, 0.2) is 0 Å². The molecule has 144 valence electrons. The highest BCUT2D eigenvalue weighted by molar-refractivity contribution is 9.10. The van der Waals surface area contributed by atoms with Gasteiger partial charge in [-0.1, -0.05) is 33.6 Å². The summed E-state index contributed by atoms with van der Waals surface area (Å²) in [6.07, 6.45) is 1.30. The highest BCUT2D eigenvalue weighted by atomic mass is 79.9. The van der Waals surface area contributed by atoms with Gasteiger partial charge in [0.05, 0.1) is 23.8 Å². The second-order valence-corrected chi connectivity index (χ2v) is 7.07. The molecule has 0 aliphatic carbocycles. The number of halogens is 1.